The monoisotopic (exact) mass is 520 g/mol. The first-order chi connectivity index (χ1) is 17.8. The van der Waals surface area contributed by atoms with Gasteiger partial charge in [0.25, 0.3) is 0 Å². The number of nitrogens with one attached hydrogen (secondary N) is 2. The Hall–Kier alpha value is -3.67. The van der Waals surface area contributed by atoms with Crippen LogP contribution in [0.1, 0.15) is 5.56 Å². The first-order valence-corrected chi connectivity index (χ1v) is 14.0. The third kappa shape index (κ3) is 5.85. The van der Waals surface area contributed by atoms with Crippen molar-refractivity contribution in [3.63, 3.8) is 0 Å². The lowest BCUT2D eigenvalue weighted by atomic mass is 10.1. The number of fused-ring (bicyclic) bond motifs is 1. The molecule has 2 aromatic carbocycles. The highest BCUT2D eigenvalue weighted by atomic mass is 32.2. The molecule has 2 N–H and O–H groups in total. The summed E-state index contributed by atoms with van der Waals surface area (Å²) in [6.07, 6.45) is 3.05. The van der Waals surface area contributed by atoms with Crippen molar-refractivity contribution in [3.8, 4) is 0 Å². The van der Waals surface area contributed by atoms with Gasteiger partial charge in [0.15, 0.2) is 5.65 Å². The lowest BCUT2D eigenvalue weighted by Crippen LogP contribution is -2.44. The van der Waals surface area contributed by atoms with E-state index in [4.69, 9.17) is 4.98 Å². The van der Waals surface area contributed by atoms with E-state index in [0.29, 0.717) is 11.6 Å². The molecule has 0 aliphatic carbocycles. The van der Waals surface area contributed by atoms with E-state index < -0.39 is 10.0 Å². The predicted molar refractivity (Wildman–Crippen MR) is 148 cm³/mol. The number of hydrogen-bond acceptors (Lipinski definition) is 8. The number of aromatic nitrogens is 3. The van der Waals surface area contributed by atoms with Crippen LogP contribution in [0, 0.1) is 0 Å². The summed E-state index contributed by atoms with van der Waals surface area (Å²) in [4.78, 5) is 9.47. The SMILES string of the molecule is CN1CCN(c2cccc(Nc3nc4c(Nc5ccccc5CN(C)S(C)(=O)=O)cccn4n3)c2)CC1. The summed E-state index contributed by atoms with van der Waals surface area (Å²) in [5.41, 5.74) is 5.20. The Bertz CT molecular complexity index is 1500. The molecule has 37 heavy (non-hydrogen) atoms. The second-order valence-corrected chi connectivity index (χ2v) is 11.5. The first kappa shape index (κ1) is 25.0. The fourth-order valence-electron chi connectivity index (χ4n) is 4.31. The third-order valence-corrected chi connectivity index (χ3v) is 7.84. The van der Waals surface area contributed by atoms with Crippen molar-refractivity contribution in [2.24, 2.45) is 0 Å². The molecular formula is C26H32N8O2S. The van der Waals surface area contributed by atoms with Crippen LogP contribution in [0.4, 0.5) is 28.7 Å². The first-order valence-electron chi connectivity index (χ1n) is 12.2. The molecule has 0 saturated carbocycles. The summed E-state index contributed by atoms with van der Waals surface area (Å²) in [7, 11) is 0.425. The number of rotatable bonds is 8. The molecule has 1 saturated heterocycles. The van der Waals surface area contributed by atoms with Crippen molar-refractivity contribution in [3.05, 3.63) is 72.4 Å². The normalized spacial score (nSPS) is 14.9. The molecule has 3 heterocycles. The Balaban J connectivity index is 1.37. The Morgan fingerprint density at radius 3 is 2.49 bits per heavy atom. The second kappa shape index (κ2) is 10.4. The zero-order chi connectivity index (χ0) is 26.0. The molecule has 194 valence electrons. The quantitative estimate of drug-likeness (QED) is 0.365. The number of piperazine rings is 1. The Kier molecular flexibility index (Phi) is 7.00. The maximum atomic E-state index is 11.9. The Morgan fingerprint density at radius 1 is 0.946 bits per heavy atom. The molecule has 11 heteroatoms. The van der Waals surface area contributed by atoms with Crippen molar-refractivity contribution < 1.29 is 8.42 Å². The van der Waals surface area contributed by atoms with Gasteiger partial charge in [-0.15, -0.1) is 5.10 Å². The number of anilines is 5. The van der Waals surface area contributed by atoms with Gasteiger partial charge in [-0.1, -0.05) is 24.3 Å². The van der Waals surface area contributed by atoms with Crippen LogP contribution in [-0.2, 0) is 16.6 Å². The standard InChI is InChI=1S/C26H32N8O2S/c1-31-14-16-33(17-15-31)22-10-6-9-21(18-22)27-26-29-25-24(12-7-13-34(25)30-26)28-23-11-5-4-8-20(23)19-32(2)37(3,35)36/h4-13,18,28H,14-17,19H2,1-3H3,(H,27,30). The molecule has 1 fully saturated rings. The molecule has 4 aromatic rings. The van der Waals surface area contributed by atoms with E-state index in [1.807, 2.05) is 54.7 Å². The van der Waals surface area contributed by atoms with E-state index in [2.05, 4.69) is 44.7 Å². The van der Waals surface area contributed by atoms with Gasteiger partial charge in [-0.05, 0) is 49.0 Å². The minimum atomic E-state index is -3.30. The largest absolute Gasteiger partial charge is 0.369 e. The van der Waals surface area contributed by atoms with Gasteiger partial charge in [-0.25, -0.2) is 17.2 Å². The Labute approximate surface area is 217 Å². The van der Waals surface area contributed by atoms with E-state index in [-0.39, 0.29) is 6.54 Å². The molecule has 5 rings (SSSR count). The van der Waals surface area contributed by atoms with Gasteiger partial charge in [-0.2, -0.15) is 4.98 Å². The fraction of sp³-hybridized carbons (Fsp3) is 0.308. The van der Waals surface area contributed by atoms with Crippen LogP contribution >= 0.6 is 0 Å². The smallest absolute Gasteiger partial charge is 0.247 e. The molecule has 0 spiro atoms. The van der Waals surface area contributed by atoms with Crippen LogP contribution in [0.5, 0.6) is 0 Å². The molecular weight excluding hydrogens is 488 g/mol. The van der Waals surface area contributed by atoms with Crippen LogP contribution in [-0.4, -0.2) is 78.8 Å². The lowest BCUT2D eigenvalue weighted by molar-refractivity contribution is 0.313. The zero-order valence-corrected chi connectivity index (χ0v) is 22.1. The van der Waals surface area contributed by atoms with Crippen LogP contribution in [0.25, 0.3) is 5.65 Å². The van der Waals surface area contributed by atoms with Crippen LogP contribution in [0.3, 0.4) is 0 Å². The summed E-state index contributed by atoms with van der Waals surface area (Å²) in [5, 5.41) is 11.4. The summed E-state index contributed by atoms with van der Waals surface area (Å²) in [5.74, 6) is 0.495. The predicted octanol–water partition coefficient (Wildman–Crippen LogP) is 3.36. The molecule has 0 bridgehead atoms. The number of hydrogen-bond donors (Lipinski definition) is 2. The van der Waals surface area contributed by atoms with Crippen molar-refractivity contribution >= 4 is 44.4 Å². The molecule has 0 atom stereocenters. The molecule has 2 aromatic heterocycles. The molecule has 1 aliphatic heterocycles. The van der Waals surface area contributed by atoms with Gasteiger partial charge >= 0.3 is 0 Å². The molecule has 10 nitrogen and oxygen atoms in total. The second-order valence-electron chi connectivity index (χ2n) is 9.39. The lowest BCUT2D eigenvalue weighted by Gasteiger charge is -2.34. The number of nitrogens with zero attached hydrogens (tertiary/aromatic N) is 6. The van der Waals surface area contributed by atoms with Crippen LogP contribution in [0.2, 0.25) is 0 Å². The number of para-hydroxylation sites is 1. The number of benzene rings is 2. The zero-order valence-electron chi connectivity index (χ0n) is 21.3. The Morgan fingerprint density at radius 2 is 1.70 bits per heavy atom. The van der Waals surface area contributed by atoms with Gasteiger partial charge < -0.3 is 20.4 Å². The highest BCUT2D eigenvalue weighted by Gasteiger charge is 2.16. The maximum Gasteiger partial charge on any atom is 0.247 e. The van der Waals surface area contributed by atoms with Crippen LogP contribution < -0.4 is 15.5 Å². The summed E-state index contributed by atoms with van der Waals surface area (Å²) < 4.78 is 26.9. The summed E-state index contributed by atoms with van der Waals surface area (Å²) in [6, 6.07) is 19.8. The van der Waals surface area contributed by atoms with E-state index in [9.17, 15) is 8.42 Å². The van der Waals surface area contributed by atoms with Gasteiger partial charge in [-0.3, -0.25) is 0 Å². The average Bonchev–Trinajstić information content (AvgIpc) is 3.28. The summed E-state index contributed by atoms with van der Waals surface area (Å²) >= 11 is 0. The molecule has 0 unspecified atom stereocenters. The minimum Gasteiger partial charge on any atom is -0.369 e. The van der Waals surface area contributed by atoms with Crippen molar-refractivity contribution in [2.45, 2.75) is 6.54 Å². The van der Waals surface area contributed by atoms with Gasteiger partial charge in [0.2, 0.25) is 16.0 Å². The van der Waals surface area contributed by atoms with E-state index >= 15 is 0 Å². The van der Waals surface area contributed by atoms with Crippen molar-refractivity contribution in [2.75, 3.05) is 62.1 Å². The summed E-state index contributed by atoms with van der Waals surface area (Å²) in [6.45, 7) is 4.37. The highest BCUT2D eigenvalue weighted by Crippen LogP contribution is 2.27. The molecule has 0 amide bonds. The van der Waals surface area contributed by atoms with E-state index in [1.54, 1.807) is 11.6 Å². The van der Waals surface area contributed by atoms with E-state index in [0.717, 1.165) is 48.8 Å². The number of sulfonamides is 1. The van der Waals surface area contributed by atoms with Crippen molar-refractivity contribution in [1.82, 2.24) is 23.8 Å². The van der Waals surface area contributed by atoms with Gasteiger partial charge in [0.05, 0.1) is 11.9 Å². The number of likely N-dealkylation sites (N-methyl/N-ethyl adjacent to an activating group) is 1. The highest BCUT2D eigenvalue weighted by molar-refractivity contribution is 7.88. The minimum absolute atomic E-state index is 0.258. The topological polar surface area (TPSA) is 98.1 Å². The van der Waals surface area contributed by atoms with E-state index in [1.165, 1.54) is 16.2 Å². The maximum absolute atomic E-state index is 11.9. The fourth-order valence-corrected chi connectivity index (χ4v) is 4.69. The molecule has 1 aliphatic rings. The van der Waals surface area contributed by atoms with Gasteiger partial charge in [0, 0.05) is 63.0 Å². The van der Waals surface area contributed by atoms with Gasteiger partial charge in [0.1, 0.15) is 0 Å². The average molecular weight is 521 g/mol. The number of pyridine rings is 1. The third-order valence-electron chi connectivity index (χ3n) is 6.58. The molecule has 0 radical (unpaired) electrons. The van der Waals surface area contributed by atoms with Crippen LogP contribution in [0.15, 0.2) is 66.9 Å². The van der Waals surface area contributed by atoms with Crippen molar-refractivity contribution in [1.29, 1.82) is 0 Å².